The molecule has 5 nitrogen and oxygen atoms in total. The highest BCUT2D eigenvalue weighted by Gasteiger charge is 2.28. The quantitative estimate of drug-likeness (QED) is 0.851. The fourth-order valence-corrected chi connectivity index (χ4v) is 1.96. The Morgan fingerprint density at radius 3 is 2.47 bits per heavy atom. The lowest BCUT2D eigenvalue weighted by molar-refractivity contribution is 0.0572. The summed E-state index contributed by atoms with van der Waals surface area (Å²) >= 11 is 0. The van der Waals surface area contributed by atoms with Crippen LogP contribution in [0.25, 0.3) is 0 Å². The van der Waals surface area contributed by atoms with E-state index in [1.165, 1.54) is 0 Å². The Kier molecular flexibility index (Phi) is 3.49. The maximum atomic E-state index is 6.19. The van der Waals surface area contributed by atoms with E-state index in [2.05, 4.69) is 10.1 Å². The SMILES string of the molecule is CC(C)(C)c1nc(C(N)C2CCOCC2)no1. The lowest BCUT2D eigenvalue weighted by Crippen LogP contribution is -2.28. The van der Waals surface area contributed by atoms with Gasteiger partial charge < -0.3 is 15.0 Å². The first-order valence-electron chi connectivity index (χ1n) is 6.16. The van der Waals surface area contributed by atoms with Crippen molar-refractivity contribution in [2.24, 2.45) is 11.7 Å². The van der Waals surface area contributed by atoms with Gasteiger partial charge in [0.1, 0.15) is 0 Å². The Balaban J connectivity index is 2.08. The van der Waals surface area contributed by atoms with Crippen molar-refractivity contribution in [2.75, 3.05) is 13.2 Å². The van der Waals surface area contributed by atoms with Gasteiger partial charge in [0.15, 0.2) is 5.82 Å². The maximum absolute atomic E-state index is 6.19. The summed E-state index contributed by atoms with van der Waals surface area (Å²) in [6.45, 7) is 7.70. The first-order valence-corrected chi connectivity index (χ1v) is 6.16. The van der Waals surface area contributed by atoms with Crippen LogP contribution >= 0.6 is 0 Å². The van der Waals surface area contributed by atoms with Crippen LogP contribution in [0.3, 0.4) is 0 Å². The zero-order valence-electron chi connectivity index (χ0n) is 10.8. The van der Waals surface area contributed by atoms with E-state index in [1.807, 2.05) is 20.8 Å². The molecular formula is C12H21N3O2. The number of ether oxygens (including phenoxy) is 1. The molecule has 0 spiro atoms. The van der Waals surface area contributed by atoms with Gasteiger partial charge in [0, 0.05) is 18.6 Å². The second-order valence-electron chi connectivity index (χ2n) is 5.68. The van der Waals surface area contributed by atoms with Gasteiger partial charge in [0.05, 0.1) is 6.04 Å². The van der Waals surface area contributed by atoms with Crippen LogP contribution in [-0.2, 0) is 10.2 Å². The minimum Gasteiger partial charge on any atom is -0.381 e. The van der Waals surface area contributed by atoms with Crippen molar-refractivity contribution in [1.29, 1.82) is 0 Å². The predicted molar refractivity (Wildman–Crippen MR) is 63.5 cm³/mol. The van der Waals surface area contributed by atoms with Crippen LogP contribution in [0, 0.1) is 5.92 Å². The van der Waals surface area contributed by atoms with Crippen LogP contribution < -0.4 is 5.73 Å². The molecule has 0 aliphatic carbocycles. The van der Waals surface area contributed by atoms with Crippen LogP contribution in [0.4, 0.5) is 0 Å². The Bertz CT molecular complexity index is 364. The Morgan fingerprint density at radius 1 is 1.29 bits per heavy atom. The molecule has 2 rings (SSSR count). The van der Waals surface area contributed by atoms with Gasteiger partial charge in [-0.15, -0.1) is 0 Å². The largest absolute Gasteiger partial charge is 0.381 e. The molecule has 0 saturated carbocycles. The van der Waals surface area contributed by atoms with E-state index in [9.17, 15) is 0 Å². The summed E-state index contributed by atoms with van der Waals surface area (Å²) in [7, 11) is 0. The third-order valence-electron chi connectivity index (χ3n) is 3.16. The highest BCUT2D eigenvalue weighted by Crippen LogP contribution is 2.28. The van der Waals surface area contributed by atoms with Crippen LogP contribution in [0.2, 0.25) is 0 Å². The number of nitrogens with zero attached hydrogens (tertiary/aromatic N) is 2. The number of aromatic nitrogens is 2. The number of rotatable bonds is 2. The van der Waals surface area contributed by atoms with Crippen LogP contribution in [0.15, 0.2) is 4.52 Å². The maximum Gasteiger partial charge on any atom is 0.232 e. The summed E-state index contributed by atoms with van der Waals surface area (Å²) < 4.78 is 10.6. The molecule has 2 N–H and O–H groups in total. The van der Waals surface area contributed by atoms with E-state index in [0.29, 0.717) is 17.6 Å². The summed E-state index contributed by atoms with van der Waals surface area (Å²) in [6.07, 6.45) is 1.95. The normalized spacial score (nSPS) is 20.5. The van der Waals surface area contributed by atoms with Crippen molar-refractivity contribution in [3.63, 3.8) is 0 Å². The molecule has 1 aromatic rings. The molecule has 1 aromatic heterocycles. The van der Waals surface area contributed by atoms with Crippen molar-refractivity contribution in [3.05, 3.63) is 11.7 Å². The fraction of sp³-hybridized carbons (Fsp3) is 0.833. The fourth-order valence-electron chi connectivity index (χ4n) is 1.96. The molecule has 0 aromatic carbocycles. The number of nitrogens with two attached hydrogens (primary N) is 1. The summed E-state index contributed by atoms with van der Waals surface area (Å²) in [4.78, 5) is 4.41. The molecule has 1 atom stereocenters. The second-order valence-corrected chi connectivity index (χ2v) is 5.68. The minimum atomic E-state index is -0.140. The van der Waals surface area contributed by atoms with E-state index < -0.39 is 0 Å². The molecule has 1 aliphatic rings. The number of hydrogen-bond donors (Lipinski definition) is 1. The molecule has 2 heterocycles. The van der Waals surface area contributed by atoms with Gasteiger partial charge in [0.25, 0.3) is 0 Å². The van der Waals surface area contributed by atoms with E-state index in [0.717, 1.165) is 26.1 Å². The molecule has 1 unspecified atom stereocenters. The van der Waals surface area contributed by atoms with Crippen LogP contribution in [0.5, 0.6) is 0 Å². The highest BCUT2D eigenvalue weighted by atomic mass is 16.5. The van der Waals surface area contributed by atoms with E-state index in [1.54, 1.807) is 0 Å². The van der Waals surface area contributed by atoms with Gasteiger partial charge in [-0.1, -0.05) is 25.9 Å². The van der Waals surface area contributed by atoms with Crippen LogP contribution in [0.1, 0.15) is 51.4 Å². The summed E-state index contributed by atoms with van der Waals surface area (Å²) in [5, 5.41) is 4.01. The van der Waals surface area contributed by atoms with Crippen molar-refractivity contribution in [1.82, 2.24) is 10.1 Å². The van der Waals surface area contributed by atoms with Crippen molar-refractivity contribution in [2.45, 2.75) is 45.1 Å². The summed E-state index contributed by atoms with van der Waals surface area (Å²) in [5.74, 6) is 1.67. The molecule has 1 fully saturated rings. The molecule has 96 valence electrons. The monoisotopic (exact) mass is 239 g/mol. The number of hydrogen-bond acceptors (Lipinski definition) is 5. The van der Waals surface area contributed by atoms with Gasteiger partial charge in [-0.05, 0) is 18.8 Å². The zero-order chi connectivity index (χ0) is 12.5. The Morgan fingerprint density at radius 2 is 1.94 bits per heavy atom. The average Bonchev–Trinajstić information content (AvgIpc) is 2.78. The minimum absolute atomic E-state index is 0.124. The van der Waals surface area contributed by atoms with Crippen molar-refractivity contribution < 1.29 is 9.26 Å². The lowest BCUT2D eigenvalue weighted by Gasteiger charge is -2.25. The molecule has 17 heavy (non-hydrogen) atoms. The molecule has 0 radical (unpaired) electrons. The lowest BCUT2D eigenvalue weighted by atomic mass is 9.92. The predicted octanol–water partition coefficient (Wildman–Crippen LogP) is 1.79. The Labute approximate surface area is 102 Å². The van der Waals surface area contributed by atoms with E-state index in [-0.39, 0.29) is 11.5 Å². The molecule has 1 aliphatic heterocycles. The second kappa shape index (κ2) is 4.74. The van der Waals surface area contributed by atoms with Crippen molar-refractivity contribution >= 4 is 0 Å². The van der Waals surface area contributed by atoms with Gasteiger partial charge >= 0.3 is 0 Å². The highest BCUT2D eigenvalue weighted by molar-refractivity contribution is 5.02. The van der Waals surface area contributed by atoms with Gasteiger partial charge in [-0.3, -0.25) is 0 Å². The molecular weight excluding hydrogens is 218 g/mol. The van der Waals surface area contributed by atoms with Gasteiger partial charge in [-0.2, -0.15) is 4.98 Å². The smallest absolute Gasteiger partial charge is 0.232 e. The van der Waals surface area contributed by atoms with E-state index in [4.69, 9.17) is 15.0 Å². The van der Waals surface area contributed by atoms with Gasteiger partial charge in [-0.25, -0.2) is 0 Å². The topological polar surface area (TPSA) is 74.2 Å². The average molecular weight is 239 g/mol. The molecule has 0 bridgehead atoms. The third kappa shape index (κ3) is 2.84. The first-order chi connectivity index (χ1) is 7.98. The summed E-state index contributed by atoms with van der Waals surface area (Å²) in [5.41, 5.74) is 6.06. The first kappa shape index (κ1) is 12.5. The van der Waals surface area contributed by atoms with Crippen molar-refractivity contribution in [3.8, 4) is 0 Å². The van der Waals surface area contributed by atoms with E-state index >= 15 is 0 Å². The summed E-state index contributed by atoms with van der Waals surface area (Å²) in [6, 6.07) is -0.140. The van der Waals surface area contributed by atoms with Crippen LogP contribution in [-0.4, -0.2) is 23.4 Å². The molecule has 0 amide bonds. The zero-order valence-corrected chi connectivity index (χ0v) is 10.8. The van der Waals surface area contributed by atoms with Gasteiger partial charge in [0.2, 0.25) is 5.89 Å². The standard InChI is InChI=1S/C12H21N3O2/c1-12(2,3)11-14-10(15-17-11)9(13)8-4-6-16-7-5-8/h8-9H,4-7,13H2,1-3H3. The molecule has 5 heteroatoms. The molecule has 1 saturated heterocycles. The third-order valence-corrected chi connectivity index (χ3v) is 3.16. The Hall–Kier alpha value is -0.940.